The molecular formula is C6H11O2+. The molecule has 0 aromatic carbocycles. The van der Waals surface area contributed by atoms with Crippen LogP contribution in [0.25, 0.3) is 0 Å². The van der Waals surface area contributed by atoms with Gasteiger partial charge in [0.2, 0.25) is 0 Å². The summed E-state index contributed by atoms with van der Waals surface area (Å²) in [5.74, 6) is 0.699. The van der Waals surface area contributed by atoms with E-state index in [0.29, 0.717) is 5.97 Å². The first-order valence-corrected chi connectivity index (χ1v) is 2.87. The van der Waals surface area contributed by atoms with Gasteiger partial charge in [0.25, 0.3) is 12.2 Å². The Morgan fingerprint density at radius 3 is 2.25 bits per heavy atom. The van der Waals surface area contributed by atoms with Crippen molar-refractivity contribution >= 4 is 5.97 Å². The molecule has 0 saturated heterocycles. The van der Waals surface area contributed by atoms with E-state index in [1.807, 2.05) is 20.8 Å². The molecule has 0 N–H and O–H groups in total. The number of ether oxygens (including phenoxy) is 1. The molecule has 2 atom stereocenters. The van der Waals surface area contributed by atoms with Crippen LogP contribution in [0.5, 0.6) is 0 Å². The molecule has 2 nitrogen and oxygen atoms in total. The Hall–Kier alpha value is -0.530. The average Bonchev–Trinajstić information content (AvgIpc) is 1.85. The normalized spacial score (nSPS) is 36.6. The van der Waals surface area contributed by atoms with Crippen LogP contribution in [0.3, 0.4) is 0 Å². The summed E-state index contributed by atoms with van der Waals surface area (Å²) in [5.41, 5.74) is 0. The van der Waals surface area contributed by atoms with Crippen molar-refractivity contribution in [3.8, 4) is 0 Å². The van der Waals surface area contributed by atoms with Crippen LogP contribution in [0.4, 0.5) is 0 Å². The molecule has 1 aliphatic heterocycles. The van der Waals surface area contributed by atoms with Gasteiger partial charge in [-0.1, -0.05) is 0 Å². The third kappa shape index (κ3) is 0.831. The average molecular weight is 115 g/mol. The molecule has 0 fully saturated rings. The van der Waals surface area contributed by atoms with E-state index in [4.69, 9.17) is 9.16 Å². The van der Waals surface area contributed by atoms with Crippen molar-refractivity contribution in [2.45, 2.75) is 33.0 Å². The van der Waals surface area contributed by atoms with Crippen LogP contribution in [0.1, 0.15) is 20.8 Å². The van der Waals surface area contributed by atoms with Crippen LogP contribution in [-0.2, 0) is 9.16 Å². The molecule has 1 rings (SSSR count). The van der Waals surface area contributed by atoms with Gasteiger partial charge in [0.15, 0.2) is 0 Å². The fourth-order valence-corrected chi connectivity index (χ4v) is 0.743. The smallest absolute Gasteiger partial charge is 0.312 e. The van der Waals surface area contributed by atoms with Crippen LogP contribution in [0.2, 0.25) is 0 Å². The summed E-state index contributed by atoms with van der Waals surface area (Å²) in [5, 5.41) is 0. The summed E-state index contributed by atoms with van der Waals surface area (Å²) in [4.78, 5) is 0. The van der Waals surface area contributed by atoms with Crippen molar-refractivity contribution in [2.24, 2.45) is 0 Å². The maximum atomic E-state index is 5.17. The Morgan fingerprint density at radius 2 is 2.12 bits per heavy atom. The van der Waals surface area contributed by atoms with Gasteiger partial charge in [-0.3, -0.25) is 0 Å². The number of esters is 1. The van der Waals surface area contributed by atoms with E-state index in [2.05, 4.69) is 0 Å². The minimum Gasteiger partial charge on any atom is -0.312 e. The summed E-state index contributed by atoms with van der Waals surface area (Å²) in [7, 11) is 0. The molecule has 0 radical (unpaired) electrons. The predicted octanol–water partition coefficient (Wildman–Crippen LogP) is 0.876. The molecule has 46 valence electrons. The van der Waals surface area contributed by atoms with Crippen molar-refractivity contribution < 1.29 is 9.16 Å². The van der Waals surface area contributed by atoms with Crippen molar-refractivity contribution in [3.05, 3.63) is 0 Å². The molecule has 2 heteroatoms. The molecule has 0 saturated carbocycles. The van der Waals surface area contributed by atoms with Crippen LogP contribution in [0, 0.1) is 0 Å². The lowest BCUT2D eigenvalue weighted by Gasteiger charge is -1.91. The lowest BCUT2D eigenvalue weighted by molar-refractivity contribution is -0.490. The van der Waals surface area contributed by atoms with Gasteiger partial charge < -0.3 is 9.16 Å². The topological polar surface area (TPSA) is 20.5 Å². The van der Waals surface area contributed by atoms with Crippen molar-refractivity contribution in [3.63, 3.8) is 0 Å². The van der Waals surface area contributed by atoms with Crippen molar-refractivity contribution in [2.75, 3.05) is 0 Å². The third-order valence-electron chi connectivity index (χ3n) is 1.36. The second-order valence-electron chi connectivity index (χ2n) is 2.14. The van der Waals surface area contributed by atoms with Crippen molar-refractivity contribution in [1.29, 1.82) is 0 Å². The lowest BCUT2D eigenvalue weighted by atomic mass is 10.3. The second-order valence-corrected chi connectivity index (χ2v) is 2.14. The number of carbonyl (C=O) groups excluding carboxylic acids is 1. The van der Waals surface area contributed by atoms with Gasteiger partial charge in [0, 0.05) is 13.8 Å². The Morgan fingerprint density at radius 1 is 1.50 bits per heavy atom. The highest BCUT2D eigenvalue weighted by atomic mass is 16.6. The molecule has 0 aromatic heterocycles. The Labute approximate surface area is 49.2 Å². The summed E-state index contributed by atoms with van der Waals surface area (Å²) < 4.78 is 10.3. The zero-order chi connectivity index (χ0) is 6.15. The largest absolute Gasteiger partial charge is 0.482 e. The van der Waals surface area contributed by atoms with E-state index < -0.39 is 0 Å². The van der Waals surface area contributed by atoms with Gasteiger partial charge in [-0.05, 0) is 0 Å². The minimum atomic E-state index is 0.231. The molecule has 0 spiro atoms. The molecule has 0 bridgehead atoms. The Balaban J connectivity index is 2.56. The highest BCUT2D eigenvalue weighted by Crippen LogP contribution is 2.06. The molecule has 0 aliphatic carbocycles. The molecule has 1 aliphatic rings. The summed E-state index contributed by atoms with van der Waals surface area (Å²) in [6, 6.07) is 0. The SMILES string of the molecule is CC1=[O+][C@@H](C)[C@H](C)O1. The molecule has 8 heavy (non-hydrogen) atoms. The number of hydrogen-bond acceptors (Lipinski definition) is 1. The highest BCUT2D eigenvalue weighted by molar-refractivity contribution is 5.67. The fourth-order valence-electron chi connectivity index (χ4n) is 0.743. The first-order valence-electron chi connectivity index (χ1n) is 2.87. The van der Waals surface area contributed by atoms with Gasteiger partial charge in [-0.2, -0.15) is 0 Å². The summed E-state index contributed by atoms with van der Waals surface area (Å²) in [6.45, 7) is 5.84. The van der Waals surface area contributed by atoms with Gasteiger partial charge in [-0.15, -0.1) is 0 Å². The molecule has 0 aromatic rings. The van der Waals surface area contributed by atoms with Crippen LogP contribution >= 0.6 is 0 Å². The standard InChI is InChI=1S/C6H11O2/c1-4-5(2)8-6(3)7-4/h4-5H,1-3H3/q+1/t4-,5-/m0/s1. The Kier molecular flexibility index (Phi) is 1.24. The molecule has 0 unspecified atom stereocenters. The maximum Gasteiger partial charge on any atom is 0.482 e. The van der Waals surface area contributed by atoms with Crippen LogP contribution < -0.4 is 0 Å². The van der Waals surface area contributed by atoms with Crippen LogP contribution in [0.15, 0.2) is 0 Å². The molecular weight excluding hydrogens is 104 g/mol. The minimum absolute atomic E-state index is 0.231. The van der Waals surface area contributed by atoms with E-state index in [0.717, 1.165) is 0 Å². The van der Waals surface area contributed by atoms with Crippen molar-refractivity contribution in [1.82, 2.24) is 0 Å². The summed E-state index contributed by atoms with van der Waals surface area (Å²) in [6.07, 6.45) is 0.463. The van der Waals surface area contributed by atoms with E-state index in [1.54, 1.807) is 0 Å². The lowest BCUT2D eigenvalue weighted by Crippen LogP contribution is -2.15. The highest BCUT2D eigenvalue weighted by Gasteiger charge is 2.32. The predicted molar refractivity (Wildman–Crippen MR) is 30.7 cm³/mol. The number of hydrogen-bond donors (Lipinski definition) is 0. The fraction of sp³-hybridized carbons (Fsp3) is 0.833. The zero-order valence-corrected chi connectivity index (χ0v) is 5.47. The van der Waals surface area contributed by atoms with Crippen LogP contribution in [-0.4, -0.2) is 18.2 Å². The molecule has 0 amide bonds. The Bertz CT molecular complexity index is 118. The monoisotopic (exact) mass is 115 g/mol. The van der Waals surface area contributed by atoms with E-state index >= 15 is 0 Å². The van der Waals surface area contributed by atoms with Gasteiger partial charge in [-0.25, -0.2) is 0 Å². The zero-order valence-electron chi connectivity index (χ0n) is 5.47. The quantitative estimate of drug-likeness (QED) is 0.339. The third-order valence-corrected chi connectivity index (χ3v) is 1.36. The van der Waals surface area contributed by atoms with Gasteiger partial charge in [0.1, 0.15) is 0 Å². The molecule has 1 heterocycles. The number of rotatable bonds is 0. The maximum absolute atomic E-state index is 5.17. The van der Waals surface area contributed by atoms with E-state index in [-0.39, 0.29) is 12.2 Å². The first kappa shape index (κ1) is 5.60. The summed E-state index contributed by atoms with van der Waals surface area (Å²) >= 11 is 0. The van der Waals surface area contributed by atoms with E-state index in [1.165, 1.54) is 0 Å². The second kappa shape index (κ2) is 1.77. The first-order chi connectivity index (χ1) is 3.70. The number of cyclic esters (lactones) is 1. The van der Waals surface area contributed by atoms with Gasteiger partial charge >= 0.3 is 5.97 Å². The van der Waals surface area contributed by atoms with Gasteiger partial charge in [0.05, 0.1) is 6.92 Å². The van der Waals surface area contributed by atoms with E-state index in [9.17, 15) is 0 Å².